The fourth-order valence-corrected chi connectivity index (χ4v) is 3.41. The molecule has 0 spiro atoms. The molecule has 0 fully saturated rings. The van der Waals surface area contributed by atoms with E-state index in [9.17, 15) is 0 Å². The monoisotopic (exact) mass is 281 g/mol. The van der Waals surface area contributed by atoms with Crippen molar-refractivity contribution in [2.45, 2.75) is 32.2 Å². The van der Waals surface area contributed by atoms with Crippen molar-refractivity contribution in [1.29, 1.82) is 0 Å². The number of hydrogen-bond acceptors (Lipinski definition) is 5. The van der Waals surface area contributed by atoms with Crippen LogP contribution in [0.3, 0.4) is 0 Å². The third kappa shape index (κ3) is 3.36. The summed E-state index contributed by atoms with van der Waals surface area (Å²) in [6.45, 7) is 7.53. The molecule has 0 radical (unpaired) electrons. The first kappa shape index (κ1) is 13.6. The fraction of sp³-hybridized carbons (Fsp3) is 0.538. The van der Waals surface area contributed by atoms with Crippen LogP contribution in [0, 0.1) is 5.92 Å². The molecule has 98 valence electrons. The Morgan fingerprint density at radius 2 is 2.22 bits per heavy atom. The minimum Gasteiger partial charge on any atom is -0.354 e. The molecule has 0 amide bonds. The van der Waals surface area contributed by atoms with Gasteiger partial charge in [-0.1, -0.05) is 20.8 Å². The van der Waals surface area contributed by atoms with E-state index in [2.05, 4.69) is 47.5 Å². The normalized spacial score (nSPS) is 11.3. The van der Waals surface area contributed by atoms with Crippen molar-refractivity contribution in [3.05, 3.63) is 11.4 Å². The average Bonchev–Trinajstić information content (AvgIpc) is 2.81. The lowest BCUT2D eigenvalue weighted by Crippen LogP contribution is -2.05. The smallest absolute Gasteiger partial charge is 0.224 e. The number of nitrogens with zero attached hydrogens (tertiary/aromatic N) is 2. The second-order valence-corrected chi connectivity index (χ2v) is 6.54. The van der Waals surface area contributed by atoms with Crippen molar-refractivity contribution in [2.75, 3.05) is 17.6 Å². The van der Waals surface area contributed by atoms with Gasteiger partial charge in [0.2, 0.25) is 5.95 Å². The zero-order chi connectivity index (χ0) is 13.0. The molecular formula is C13H19N3S2. The molecule has 1 N–H and O–H groups in total. The van der Waals surface area contributed by atoms with E-state index < -0.39 is 0 Å². The van der Waals surface area contributed by atoms with Crippen LogP contribution in [0.1, 0.15) is 27.2 Å². The van der Waals surface area contributed by atoms with E-state index in [4.69, 9.17) is 0 Å². The van der Waals surface area contributed by atoms with E-state index in [1.165, 1.54) is 4.70 Å². The first-order valence-electron chi connectivity index (χ1n) is 6.32. The number of rotatable bonds is 6. The van der Waals surface area contributed by atoms with Gasteiger partial charge in [0.1, 0.15) is 5.03 Å². The molecule has 0 saturated carbocycles. The fourth-order valence-electron chi connectivity index (χ4n) is 1.50. The molecule has 0 aliphatic carbocycles. The van der Waals surface area contributed by atoms with Crippen molar-refractivity contribution >= 4 is 39.3 Å². The summed E-state index contributed by atoms with van der Waals surface area (Å²) in [6.07, 6.45) is 1.08. The molecule has 18 heavy (non-hydrogen) atoms. The molecule has 2 aromatic rings. The summed E-state index contributed by atoms with van der Waals surface area (Å²) in [4.78, 5) is 9.17. The molecule has 2 aromatic heterocycles. The van der Waals surface area contributed by atoms with Crippen LogP contribution < -0.4 is 5.32 Å². The van der Waals surface area contributed by atoms with Gasteiger partial charge in [-0.05, 0) is 23.8 Å². The van der Waals surface area contributed by atoms with Crippen LogP contribution in [0.5, 0.6) is 0 Å². The number of fused-ring (bicyclic) bond motifs is 1. The third-order valence-corrected chi connectivity index (χ3v) is 4.80. The molecule has 0 aliphatic rings. The molecular weight excluding hydrogens is 262 g/mol. The summed E-state index contributed by atoms with van der Waals surface area (Å²) >= 11 is 3.55. The second-order valence-electron chi connectivity index (χ2n) is 4.62. The quantitative estimate of drug-likeness (QED) is 0.634. The summed E-state index contributed by atoms with van der Waals surface area (Å²) in [5.41, 5.74) is 1.06. The van der Waals surface area contributed by atoms with E-state index in [-0.39, 0.29) is 0 Å². The zero-order valence-corrected chi connectivity index (χ0v) is 12.7. The molecule has 0 aromatic carbocycles. The Morgan fingerprint density at radius 1 is 1.39 bits per heavy atom. The molecule has 2 rings (SSSR count). The Kier molecular flexibility index (Phi) is 4.83. The highest BCUT2D eigenvalue weighted by molar-refractivity contribution is 7.99. The van der Waals surface area contributed by atoms with Crippen LogP contribution in [0.15, 0.2) is 16.5 Å². The summed E-state index contributed by atoms with van der Waals surface area (Å²) < 4.78 is 1.21. The van der Waals surface area contributed by atoms with Gasteiger partial charge in [-0.3, -0.25) is 0 Å². The third-order valence-electron chi connectivity index (χ3n) is 2.36. The summed E-state index contributed by atoms with van der Waals surface area (Å²) in [6, 6.07) is 2.07. The Labute approximate surface area is 116 Å². The number of hydrogen-bond donors (Lipinski definition) is 1. The van der Waals surface area contributed by atoms with Gasteiger partial charge < -0.3 is 5.32 Å². The van der Waals surface area contributed by atoms with Gasteiger partial charge in [-0.15, -0.1) is 23.1 Å². The number of thiophene rings is 1. The lowest BCUT2D eigenvalue weighted by molar-refractivity contribution is 0.749. The first-order chi connectivity index (χ1) is 8.70. The Bertz CT molecular complexity index is 508. The second kappa shape index (κ2) is 6.38. The maximum Gasteiger partial charge on any atom is 0.224 e. The van der Waals surface area contributed by atoms with Gasteiger partial charge in [0.25, 0.3) is 0 Å². The van der Waals surface area contributed by atoms with Crippen molar-refractivity contribution in [2.24, 2.45) is 5.92 Å². The summed E-state index contributed by atoms with van der Waals surface area (Å²) in [7, 11) is 0. The molecule has 0 aliphatic heterocycles. The predicted molar refractivity (Wildman–Crippen MR) is 81.8 cm³/mol. The van der Waals surface area contributed by atoms with Crippen LogP contribution in [0.4, 0.5) is 5.95 Å². The van der Waals surface area contributed by atoms with Crippen LogP contribution >= 0.6 is 23.1 Å². The van der Waals surface area contributed by atoms with Crippen molar-refractivity contribution in [3.8, 4) is 0 Å². The summed E-state index contributed by atoms with van der Waals surface area (Å²) in [5.74, 6) is 2.53. The molecule has 0 saturated heterocycles. The maximum atomic E-state index is 4.63. The van der Waals surface area contributed by atoms with Gasteiger partial charge in [0.15, 0.2) is 0 Å². The van der Waals surface area contributed by atoms with Crippen LogP contribution in [0.2, 0.25) is 0 Å². The number of nitrogens with one attached hydrogen (secondary N) is 1. The molecule has 5 heteroatoms. The molecule has 0 unspecified atom stereocenters. The van der Waals surface area contributed by atoms with E-state index >= 15 is 0 Å². The van der Waals surface area contributed by atoms with Crippen molar-refractivity contribution < 1.29 is 0 Å². The van der Waals surface area contributed by atoms with E-state index in [1.807, 2.05) is 11.8 Å². The van der Waals surface area contributed by atoms with E-state index in [1.54, 1.807) is 11.3 Å². The lowest BCUT2D eigenvalue weighted by atomic mass is 10.3. The standard InChI is InChI=1S/C13H19N3S2/c1-4-6-14-13-15-10-5-7-17-11(10)12(16-13)18-8-9(2)3/h5,7,9H,4,6,8H2,1-3H3,(H,14,15,16). The molecule has 3 nitrogen and oxygen atoms in total. The SMILES string of the molecule is CCCNc1nc(SCC(C)C)c2sccc2n1. The molecule has 0 bridgehead atoms. The highest BCUT2D eigenvalue weighted by atomic mass is 32.2. The summed E-state index contributed by atoms with van der Waals surface area (Å²) in [5, 5.41) is 6.47. The Morgan fingerprint density at radius 3 is 2.94 bits per heavy atom. The van der Waals surface area contributed by atoms with Crippen LogP contribution in [-0.4, -0.2) is 22.3 Å². The van der Waals surface area contributed by atoms with Crippen molar-refractivity contribution in [3.63, 3.8) is 0 Å². The lowest BCUT2D eigenvalue weighted by Gasteiger charge is -2.08. The van der Waals surface area contributed by atoms with E-state index in [0.717, 1.165) is 35.2 Å². The Balaban J connectivity index is 2.26. The highest BCUT2D eigenvalue weighted by Crippen LogP contribution is 2.31. The molecule has 0 atom stereocenters. The first-order valence-corrected chi connectivity index (χ1v) is 8.19. The number of thioether (sulfide) groups is 1. The minimum atomic E-state index is 0.673. The van der Waals surface area contributed by atoms with Gasteiger partial charge in [0.05, 0.1) is 10.2 Å². The van der Waals surface area contributed by atoms with Gasteiger partial charge in [-0.2, -0.15) is 0 Å². The van der Waals surface area contributed by atoms with E-state index in [0.29, 0.717) is 5.92 Å². The van der Waals surface area contributed by atoms with Crippen LogP contribution in [0.25, 0.3) is 10.2 Å². The topological polar surface area (TPSA) is 37.8 Å². The highest BCUT2D eigenvalue weighted by Gasteiger charge is 2.10. The predicted octanol–water partition coefficient (Wildman–Crippen LogP) is 4.26. The zero-order valence-electron chi connectivity index (χ0n) is 11.1. The largest absolute Gasteiger partial charge is 0.354 e. The maximum absolute atomic E-state index is 4.63. The van der Waals surface area contributed by atoms with Crippen molar-refractivity contribution in [1.82, 2.24) is 9.97 Å². The van der Waals surface area contributed by atoms with Gasteiger partial charge in [0, 0.05) is 12.3 Å². The molecule has 2 heterocycles. The Hall–Kier alpha value is -0.810. The number of anilines is 1. The average molecular weight is 281 g/mol. The minimum absolute atomic E-state index is 0.673. The van der Waals surface area contributed by atoms with Crippen LogP contribution in [-0.2, 0) is 0 Å². The van der Waals surface area contributed by atoms with Gasteiger partial charge >= 0.3 is 0 Å². The van der Waals surface area contributed by atoms with Gasteiger partial charge in [-0.25, -0.2) is 9.97 Å². The number of aromatic nitrogens is 2.